The molecule has 8 heteroatoms. The maximum Gasteiger partial charge on any atom is 0.251 e. The Kier molecular flexibility index (Phi) is 11.2. The van der Waals surface area contributed by atoms with E-state index in [2.05, 4.69) is 51.3 Å². The Morgan fingerprint density at radius 1 is 1.00 bits per heavy atom. The van der Waals surface area contributed by atoms with Crippen molar-refractivity contribution in [2.45, 2.75) is 19.9 Å². The molecule has 0 aromatic heterocycles. The van der Waals surface area contributed by atoms with Crippen LogP contribution in [0.4, 0.5) is 5.69 Å². The van der Waals surface area contributed by atoms with Gasteiger partial charge in [-0.05, 0) is 38.1 Å². The molecule has 0 unspecified atom stereocenters. The number of amides is 1. The number of anilines is 1. The molecule has 0 aliphatic carbocycles. The van der Waals surface area contributed by atoms with E-state index in [1.807, 2.05) is 12.1 Å². The van der Waals surface area contributed by atoms with Crippen LogP contribution in [0.1, 0.15) is 24.2 Å². The van der Waals surface area contributed by atoms with Gasteiger partial charge in [-0.1, -0.05) is 0 Å². The summed E-state index contributed by atoms with van der Waals surface area (Å²) in [6.45, 7) is 14.7. The highest BCUT2D eigenvalue weighted by atomic mass is 35.5. The molecule has 1 amide bonds. The van der Waals surface area contributed by atoms with Gasteiger partial charge in [0, 0.05) is 82.7 Å². The van der Waals surface area contributed by atoms with Gasteiger partial charge in [0.05, 0.1) is 0 Å². The third-order valence-corrected chi connectivity index (χ3v) is 5.46. The van der Waals surface area contributed by atoms with Crippen molar-refractivity contribution in [1.29, 1.82) is 0 Å². The number of halogens is 2. The normalized spacial score (nSPS) is 18.3. The van der Waals surface area contributed by atoms with E-state index in [4.69, 9.17) is 0 Å². The van der Waals surface area contributed by atoms with Gasteiger partial charge >= 0.3 is 0 Å². The van der Waals surface area contributed by atoms with Crippen LogP contribution in [0.25, 0.3) is 0 Å². The van der Waals surface area contributed by atoms with Crippen LogP contribution >= 0.6 is 24.8 Å². The van der Waals surface area contributed by atoms with E-state index in [0.717, 1.165) is 64.5 Å². The van der Waals surface area contributed by atoms with Crippen molar-refractivity contribution in [2.24, 2.45) is 0 Å². The summed E-state index contributed by atoms with van der Waals surface area (Å²) in [4.78, 5) is 19.6. The zero-order valence-corrected chi connectivity index (χ0v) is 18.7. The molecule has 0 bridgehead atoms. The fourth-order valence-electron chi connectivity index (χ4n) is 3.68. The largest absolute Gasteiger partial charge is 0.369 e. The van der Waals surface area contributed by atoms with E-state index in [1.54, 1.807) is 0 Å². The van der Waals surface area contributed by atoms with E-state index >= 15 is 0 Å². The summed E-state index contributed by atoms with van der Waals surface area (Å²) in [7, 11) is 0. The number of piperazine rings is 2. The molecule has 160 valence electrons. The van der Waals surface area contributed by atoms with E-state index in [1.165, 1.54) is 5.69 Å². The number of nitrogens with one attached hydrogen (secondary N) is 2. The SMILES string of the molecule is CC(C)N1CCN(c2ccc(C(=O)NCCN3CCNCC3)cc2)CC1.Cl.Cl. The molecule has 28 heavy (non-hydrogen) atoms. The van der Waals surface area contributed by atoms with Crippen LogP contribution in [-0.4, -0.2) is 87.2 Å². The van der Waals surface area contributed by atoms with Gasteiger partial charge in [-0.3, -0.25) is 14.6 Å². The quantitative estimate of drug-likeness (QED) is 0.717. The number of nitrogens with zero attached hydrogens (tertiary/aromatic N) is 3. The molecule has 0 radical (unpaired) electrons. The first kappa shape index (κ1) is 25.0. The molecular formula is C20H35Cl2N5O. The second-order valence-electron chi connectivity index (χ2n) is 7.51. The predicted octanol–water partition coefficient (Wildman–Crippen LogP) is 1.70. The van der Waals surface area contributed by atoms with Gasteiger partial charge in [0.15, 0.2) is 0 Å². The lowest BCUT2D eigenvalue weighted by Gasteiger charge is -2.38. The monoisotopic (exact) mass is 431 g/mol. The minimum Gasteiger partial charge on any atom is -0.369 e. The number of hydrogen-bond donors (Lipinski definition) is 2. The number of benzene rings is 1. The topological polar surface area (TPSA) is 50.9 Å². The minimum atomic E-state index is 0. The Bertz CT molecular complexity index is 570. The molecular weight excluding hydrogens is 397 g/mol. The first-order chi connectivity index (χ1) is 12.6. The summed E-state index contributed by atoms with van der Waals surface area (Å²) in [5.74, 6) is 0.0244. The highest BCUT2D eigenvalue weighted by molar-refractivity contribution is 5.94. The van der Waals surface area contributed by atoms with E-state index < -0.39 is 0 Å². The molecule has 2 aliphatic heterocycles. The fourth-order valence-corrected chi connectivity index (χ4v) is 3.68. The van der Waals surface area contributed by atoms with Crippen LogP contribution in [0.5, 0.6) is 0 Å². The number of hydrogen-bond acceptors (Lipinski definition) is 5. The van der Waals surface area contributed by atoms with Crippen molar-refractivity contribution in [1.82, 2.24) is 20.4 Å². The van der Waals surface area contributed by atoms with Crippen molar-refractivity contribution in [3.8, 4) is 0 Å². The van der Waals surface area contributed by atoms with Crippen LogP contribution in [-0.2, 0) is 0 Å². The van der Waals surface area contributed by atoms with Gasteiger partial charge in [0.1, 0.15) is 0 Å². The molecule has 0 spiro atoms. The first-order valence-electron chi connectivity index (χ1n) is 9.94. The molecule has 2 saturated heterocycles. The molecule has 1 aromatic carbocycles. The van der Waals surface area contributed by atoms with Gasteiger partial charge in [-0.15, -0.1) is 24.8 Å². The van der Waals surface area contributed by atoms with Crippen LogP contribution in [0, 0.1) is 0 Å². The van der Waals surface area contributed by atoms with Crippen molar-refractivity contribution in [2.75, 3.05) is 70.3 Å². The average molecular weight is 432 g/mol. The third-order valence-electron chi connectivity index (χ3n) is 5.46. The van der Waals surface area contributed by atoms with Gasteiger partial charge in [-0.2, -0.15) is 0 Å². The highest BCUT2D eigenvalue weighted by Crippen LogP contribution is 2.18. The number of carbonyl (C=O) groups is 1. The Labute approximate surface area is 181 Å². The molecule has 2 fully saturated rings. The zero-order chi connectivity index (χ0) is 18.4. The lowest BCUT2D eigenvalue weighted by Crippen LogP contribution is -2.48. The lowest BCUT2D eigenvalue weighted by atomic mass is 10.1. The Hall–Kier alpha value is -1.05. The predicted molar refractivity (Wildman–Crippen MR) is 122 cm³/mol. The summed E-state index contributed by atoms with van der Waals surface area (Å²) >= 11 is 0. The summed E-state index contributed by atoms with van der Waals surface area (Å²) in [6, 6.07) is 8.67. The maximum atomic E-state index is 12.3. The smallest absolute Gasteiger partial charge is 0.251 e. The van der Waals surface area contributed by atoms with E-state index in [9.17, 15) is 4.79 Å². The average Bonchev–Trinajstić information content (AvgIpc) is 2.69. The molecule has 2 N–H and O–H groups in total. The van der Waals surface area contributed by atoms with Crippen LogP contribution in [0.2, 0.25) is 0 Å². The van der Waals surface area contributed by atoms with Gasteiger partial charge in [-0.25, -0.2) is 0 Å². The van der Waals surface area contributed by atoms with Crippen molar-refractivity contribution in [3.63, 3.8) is 0 Å². The van der Waals surface area contributed by atoms with Crippen LogP contribution in [0.3, 0.4) is 0 Å². The molecule has 6 nitrogen and oxygen atoms in total. The lowest BCUT2D eigenvalue weighted by molar-refractivity contribution is 0.0947. The van der Waals surface area contributed by atoms with Crippen LogP contribution < -0.4 is 15.5 Å². The summed E-state index contributed by atoms with van der Waals surface area (Å²) < 4.78 is 0. The second-order valence-corrected chi connectivity index (χ2v) is 7.51. The standard InChI is InChI=1S/C20H33N5O.2ClH/c1-17(2)24-13-15-25(16-14-24)19-5-3-18(4-6-19)20(26)22-9-12-23-10-7-21-8-11-23;;/h3-6,17,21H,7-16H2,1-2H3,(H,22,26);2*1H. The summed E-state index contributed by atoms with van der Waals surface area (Å²) in [6.07, 6.45) is 0. The Balaban J connectivity index is 0.00000196. The zero-order valence-electron chi connectivity index (χ0n) is 17.0. The van der Waals surface area contributed by atoms with Crippen LogP contribution in [0.15, 0.2) is 24.3 Å². The van der Waals surface area contributed by atoms with E-state index in [-0.39, 0.29) is 30.7 Å². The van der Waals surface area contributed by atoms with Crippen molar-refractivity contribution in [3.05, 3.63) is 29.8 Å². The number of carbonyl (C=O) groups excluding carboxylic acids is 1. The minimum absolute atomic E-state index is 0. The Morgan fingerprint density at radius 2 is 1.61 bits per heavy atom. The third kappa shape index (κ3) is 7.08. The molecule has 2 aliphatic rings. The molecule has 2 heterocycles. The Morgan fingerprint density at radius 3 is 2.18 bits per heavy atom. The number of rotatable bonds is 6. The molecule has 0 saturated carbocycles. The molecule has 0 atom stereocenters. The maximum absolute atomic E-state index is 12.3. The van der Waals surface area contributed by atoms with Crippen molar-refractivity contribution >= 4 is 36.4 Å². The molecule has 3 rings (SSSR count). The second kappa shape index (κ2) is 12.5. The van der Waals surface area contributed by atoms with Crippen molar-refractivity contribution < 1.29 is 4.79 Å². The summed E-state index contributed by atoms with van der Waals surface area (Å²) in [5, 5.41) is 6.39. The van der Waals surface area contributed by atoms with Gasteiger partial charge < -0.3 is 15.5 Å². The van der Waals surface area contributed by atoms with Gasteiger partial charge in [0.25, 0.3) is 5.91 Å². The van der Waals surface area contributed by atoms with Gasteiger partial charge in [0.2, 0.25) is 0 Å². The highest BCUT2D eigenvalue weighted by Gasteiger charge is 2.19. The molecule has 1 aromatic rings. The van der Waals surface area contributed by atoms with E-state index in [0.29, 0.717) is 12.6 Å². The first-order valence-corrected chi connectivity index (χ1v) is 9.94. The summed E-state index contributed by atoms with van der Waals surface area (Å²) in [5.41, 5.74) is 1.96. The fraction of sp³-hybridized carbons (Fsp3) is 0.650.